The Morgan fingerprint density at radius 1 is 1.24 bits per heavy atom. The molecule has 0 radical (unpaired) electrons. The van der Waals surface area contributed by atoms with Crippen LogP contribution in [0, 0.1) is 0 Å². The van der Waals surface area contributed by atoms with Gasteiger partial charge in [-0.25, -0.2) is 4.79 Å². The van der Waals surface area contributed by atoms with Crippen molar-refractivity contribution in [2.75, 3.05) is 6.54 Å². The summed E-state index contributed by atoms with van der Waals surface area (Å²) in [7, 11) is 0. The molecule has 2 aromatic rings. The summed E-state index contributed by atoms with van der Waals surface area (Å²) in [5.41, 5.74) is 5.95. The van der Waals surface area contributed by atoms with Crippen molar-refractivity contribution in [3.63, 3.8) is 0 Å². The molecule has 88 valence electrons. The molecule has 0 atom stereocenters. The van der Waals surface area contributed by atoms with Crippen LogP contribution in [-0.2, 0) is 0 Å². The van der Waals surface area contributed by atoms with Gasteiger partial charge in [-0.15, -0.1) is 0 Å². The molecule has 0 fully saturated rings. The molecule has 1 aromatic carbocycles. The predicted octanol–water partition coefficient (Wildman–Crippen LogP) is 0.578. The van der Waals surface area contributed by atoms with Crippen molar-refractivity contribution < 1.29 is 0 Å². The predicted molar refractivity (Wildman–Crippen MR) is 67.9 cm³/mol. The number of rotatable bonds is 3. The second-order valence-corrected chi connectivity index (χ2v) is 3.69. The Labute approximate surface area is 97.0 Å². The smallest absolute Gasteiger partial charge is 0.326 e. The summed E-state index contributed by atoms with van der Waals surface area (Å²) in [5.74, 6) is 0. The Balaban J connectivity index is 2.51. The minimum absolute atomic E-state index is 0.377. The lowest BCUT2D eigenvalue weighted by molar-refractivity contribution is 1.01. The van der Waals surface area contributed by atoms with Crippen LogP contribution in [0.3, 0.4) is 0 Å². The van der Waals surface area contributed by atoms with E-state index in [1.807, 2.05) is 18.2 Å². The Morgan fingerprint density at radius 3 is 2.82 bits per heavy atom. The van der Waals surface area contributed by atoms with Gasteiger partial charge in [0.1, 0.15) is 0 Å². The molecular weight excluding hydrogens is 218 g/mol. The molecule has 0 unspecified atom stereocenters. The lowest BCUT2D eigenvalue weighted by Gasteiger charge is -1.98. The zero-order valence-electron chi connectivity index (χ0n) is 9.19. The summed E-state index contributed by atoms with van der Waals surface area (Å²) >= 11 is 0. The first kappa shape index (κ1) is 11.3. The number of nitrogens with two attached hydrogens (primary N) is 1. The second kappa shape index (κ2) is 4.80. The van der Waals surface area contributed by atoms with E-state index in [-0.39, 0.29) is 5.56 Å². The number of hydrogen-bond acceptors (Lipinski definition) is 3. The molecule has 0 aliphatic heterocycles. The van der Waals surface area contributed by atoms with Crippen LogP contribution in [0.1, 0.15) is 12.0 Å². The van der Waals surface area contributed by atoms with Gasteiger partial charge in [0.2, 0.25) is 0 Å². The summed E-state index contributed by atoms with van der Waals surface area (Å²) in [4.78, 5) is 27.4. The Hall–Kier alpha value is -2.14. The van der Waals surface area contributed by atoms with Crippen LogP contribution in [-0.4, -0.2) is 16.5 Å². The zero-order valence-corrected chi connectivity index (χ0v) is 9.19. The molecule has 1 heterocycles. The van der Waals surface area contributed by atoms with E-state index in [1.165, 1.54) is 0 Å². The largest absolute Gasteiger partial charge is 0.330 e. The maximum atomic E-state index is 11.6. The van der Waals surface area contributed by atoms with Gasteiger partial charge >= 0.3 is 5.69 Å². The van der Waals surface area contributed by atoms with Crippen molar-refractivity contribution in [2.24, 2.45) is 5.73 Å². The lowest BCUT2D eigenvalue weighted by Crippen LogP contribution is -2.21. The van der Waals surface area contributed by atoms with Crippen LogP contribution in [0.25, 0.3) is 17.0 Å². The van der Waals surface area contributed by atoms with E-state index < -0.39 is 5.69 Å². The fourth-order valence-electron chi connectivity index (χ4n) is 1.60. The molecule has 1 aromatic heterocycles. The van der Waals surface area contributed by atoms with Crippen LogP contribution < -0.4 is 17.0 Å². The van der Waals surface area contributed by atoms with E-state index in [2.05, 4.69) is 9.97 Å². The molecule has 2 rings (SSSR count). The van der Waals surface area contributed by atoms with Gasteiger partial charge < -0.3 is 10.7 Å². The van der Waals surface area contributed by atoms with Crippen LogP contribution in [0.4, 0.5) is 0 Å². The van der Waals surface area contributed by atoms with Crippen LogP contribution in [0.2, 0.25) is 0 Å². The summed E-state index contributed by atoms with van der Waals surface area (Å²) in [6.45, 7) is 0.595. The molecule has 4 N–H and O–H groups in total. The average molecular weight is 231 g/mol. The molecule has 0 saturated heterocycles. The standard InChI is InChI=1S/C12H13N3O2/c13-6-2-1-3-8-4-5-10-9(7-8)11(16)15-12(17)14-10/h1,3-5,7H,2,6,13H2,(H2,14,15,16,17). The molecule has 17 heavy (non-hydrogen) atoms. The number of H-pyrrole nitrogens is 2. The molecule has 0 spiro atoms. The van der Waals surface area contributed by atoms with Gasteiger partial charge in [0, 0.05) is 0 Å². The van der Waals surface area contributed by atoms with Crippen molar-refractivity contribution in [3.05, 3.63) is 50.7 Å². The summed E-state index contributed by atoms with van der Waals surface area (Å²) in [5, 5.41) is 0.472. The van der Waals surface area contributed by atoms with Crippen LogP contribution in [0.15, 0.2) is 33.9 Å². The minimum Gasteiger partial charge on any atom is -0.330 e. The van der Waals surface area contributed by atoms with Gasteiger partial charge in [-0.1, -0.05) is 18.2 Å². The van der Waals surface area contributed by atoms with E-state index in [1.54, 1.807) is 12.1 Å². The molecule has 0 aliphatic carbocycles. The van der Waals surface area contributed by atoms with E-state index in [0.29, 0.717) is 17.4 Å². The third kappa shape index (κ3) is 2.51. The highest BCUT2D eigenvalue weighted by Gasteiger charge is 2.00. The normalized spacial score (nSPS) is 11.4. The fourth-order valence-corrected chi connectivity index (χ4v) is 1.60. The van der Waals surface area contributed by atoms with Gasteiger partial charge in [-0.05, 0) is 30.7 Å². The van der Waals surface area contributed by atoms with E-state index >= 15 is 0 Å². The molecule has 5 heteroatoms. The highest BCUT2D eigenvalue weighted by molar-refractivity contribution is 5.80. The average Bonchev–Trinajstić information content (AvgIpc) is 2.30. The molecular formula is C12H13N3O2. The van der Waals surface area contributed by atoms with Crippen LogP contribution >= 0.6 is 0 Å². The molecule has 0 saturated carbocycles. The summed E-state index contributed by atoms with van der Waals surface area (Å²) < 4.78 is 0. The van der Waals surface area contributed by atoms with Crippen molar-refractivity contribution in [1.82, 2.24) is 9.97 Å². The van der Waals surface area contributed by atoms with Gasteiger partial charge in [0.25, 0.3) is 5.56 Å². The van der Waals surface area contributed by atoms with Gasteiger partial charge in [0.15, 0.2) is 0 Å². The SMILES string of the molecule is NCCC=Cc1ccc2[nH]c(=O)[nH]c(=O)c2c1. The maximum Gasteiger partial charge on any atom is 0.326 e. The number of nitrogens with one attached hydrogen (secondary N) is 2. The first-order chi connectivity index (χ1) is 8.20. The molecule has 5 nitrogen and oxygen atoms in total. The number of aromatic nitrogens is 2. The van der Waals surface area contributed by atoms with E-state index in [0.717, 1.165) is 12.0 Å². The quantitative estimate of drug-likeness (QED) is 0.721. The lowest BCUT2D eigenvalue weighted by atomic mass is 10.1. The van der Waals surface area contributed by atoms with E-state index in [9.17, 15) is 9.59 Å². The van der Waals surface area contributed by atoms with Crippen molar-refractivity contribution in [1.29, 1.82) is 0 Å². The van der Waals surface area contributed by atoms with Gasteiger partial charge in [0.05, 0.1) is 10.9 Å². The highest BCUT2D eigenvalue weighted by Crippen LogP contribution is 2.10. The zero-order chi connectivity index (χ0) is 12.3. The minimum atomic E-state index is -0.492. The van der Waals surface area contributed by atoms with Crippen molar-refractivity contribution in [3.8, 4) is 0 Å². The highest BCUT2D eigenvalue weighted by atomic mass is 16.2. The maximum absolute atomic E-state index is 11.6. The van der Waals surface area contributed by atoms with Crippen molar-refractivity contribution in [2.45, 2.75) is 6.42 Å². The number of benzene rings is 1. The monoisotopic (exact) mass is 231 g/mol. The number of fused-ring (bicyclic) bond motifs is 1. The van der Waals surface area contributed by atoms with Crippen LogP contribution in [0.5, 0.6) is 0 Å². The van der Waals surface area contributed by atoms with Gasteiger partial charge in [-0.2, -0.15) is 0 Å². The second-order valence-electron chi connectivity index (χ2n) is 3.69. The van der Waals surface area contributed by atoms with Crippen molar-refractivity contribution >= 4 is 17.0 Å². The topological polar surface area (TPSA) is 91.7 Å². The fraction of sp³-hybridized carbons (Fsp3) is 0.167. The summed E-state index contributed by atoms with van der Waals surface area (Å²) in [6, 6.07) is 5.29. The first-order valence-electron chi connectivity index (χ1n) is 5.33. The third-order valence-corrected chi connectivity index (χ3v) is 2.41. The molecule has 0 aliphatic rings. The summed E-state index contributed by atoms with van der Waals surface area (Å²) in [6.07, 6.45) is 4.64. The Bertz CT molecular complexity index is 667. The first-order valence-corrected chi connectivity index (χ1v) is 5.33. The third-order valence-electron chi connectivity index (χ3n) is 2.41. The Kier molecular flexibility index (Phi) is 3.20. The number of hydrogen-bond donors (Lipinski definition) is 3. The van der Waals surface area contributed by atoms with Gasteiger partial charge in [-0.3, -0.25) is 9.78 Å². The van der Waals surface area contributed by atoms with E-state index in [4.69, 9.17) is 5.73 Å². The molecule has 0 amide bonds. The Morgan fingerprint density at radius 2 is 2.06 bits per heavy atom. The molecule has 0 bridgehead atoms. The number of aromatic amines is 2.